The Labute approximate surface area is 157 Å². The molecule has 0 spiro atoms. The van der Waals surface area contributed by atoms with Gasteiger partial charge in [-0.25, -0.2) is 4.98 Å². The smallest absolute Gasteiger partial charge is 0.387 e. The monoisotopic (exact) mass is 456 g/mol. The number of hydrogen-bond donors (Lipinski definition) is 0. The Morgan fingerprint density at radius 2 is 2.16 bits per heavy atom. The van der Waals surface area contributed by atoms with Gasteiger partial charge in [-0.3, -0.25) is 4.79 Å². The van der Waals surface area contributed by atoms with E-state index in [9.17, 15) is 13.6 Å². The average molecular weight is 456 g/mol. The van der Waals surface area contributed by atoms with Gasteiger partial charge in [0.15, 0.2) is 5.43 Å². The van der Waals surface area contributed by atoms with Crippen LogP contribution in [0.2, 0.25) is 0 Å². The van der Waals surface area contributed by atoms with Crippen LogP contribution in [-0.2, 0) is 4.74 Å². The second-order valence-corrected chi connectivity index (χ2v) is 6.05. The number of nitrogens with zero attached hydrogens (tertiary/aromatic N) is 2. The second-order valence-electron chi connectivity index (χ2n) is 4.89. The zero-order chi connectivity index (χ0) is 18.4. The molecule has 2 rings (SSSR count). The van der Waals surface area contributed by atoms with Gasteiger partial charge in [-0.2, -0.15) is 8.78 Å². The molecule has 0 unspecified atom stereocenters. The van der Waals surface area contributed by atoms with Crippen molar-refractivity contribution < 1.29 is 13.5 Å². The minimum Gasteiger partial charge on any atom is -0.435 e. The summed E-state index contributed by atoms with van der Waals surface area (Å²) in [5, 5.41) is 0. The van der Waals surface area contributed by atoms with E-state index in [0.29, 0.717) is 9.39 Å². The van der Waals surface area contributed by atoms with Gasteiger partial charge in [0.05, 0.1) is 3.57 Å². The number of allylic oxidation sites excluding steroid dienone is 4. The number of aromatic nitrogens is 2. The molecule has 0 aliphatic heterocycles. The van der Waals surface area contributed by atoms with E-state index in [1.54, 1.807) is 35.3 Å². The molecule has 0 aromatic carbocycles. The van der Waals surface area contributed by atoms with Crippen LogP contribution >= 0.6 is 22.6 Å². The molecule has 130 valence electrons. The number of halogens is 3. The summed E-state index contributed by atoms with van der Waals surface area (Å²) in [5.74, 6) is 0.504. The normalized spacial score (nSPS) is 12.0. The number of alkyl halides is 2. The lowest BCUT2D eigenvalue weighted by Crippen LogP contribution is -2.08. The molecule has 0 aliphatic carbocycles. The summed E-state index contributed by atoms with van der Waals surface area (Å²) in [5.41, 5.74) is 1.57. The molecule has 0 saturated heterocycles. The summed E-state index contributed by atoms with van der Waals surface area (Å²) in [7, 11) is 0. The highest BCUT2D eigenvalue weighted by molar-refractivity contribution is 14.1. The Kier molecular flexibility index (Phi) is 6.63. The summed E-state index contributed by atoms with van der Waals surface area (Å²) >= 11 is 1.97. The highest BCUT2D eigenvalue weighted by atomic mass is 127. The highest BCUT2D eigenvalue weighted by Crippen LogP contribution is 2.19. The Morgan fingerprint density at radius 1 is 1.40 bits per heavy atom. The second kappa shape index (κ2) is 8.70. The number of hydrogen-bond acceptors (Lipinski definition) is 3. The first-order valence-electron chi connectivity index (χ1n) is 7.23. The van der Waals surface area contributed by atoms with Gasteiger partial charge >= 0.3 is 6.61 Å². The number of pyridine rings is 2. The minimum absolute atomic E-state index is 0.0531. The quantitative estimate of drug-likeness (QED) is 0.364. The van der Waals surface area contributed by atoms with Crippen LogP contribution in [0.25, 0.3) is 11.4 Å². The predicted molar refractivity (Wildman–Crippen MR) is 102 cm³/mol. The van der Waals surface area contributed by atoms with Gasteiger partial charge in [-0.1, -0.05) is 18.7 Å². The molecule has 0 saturated carbocycles. The van der Waals surface area contributed by atoms with E-state index in [1.165, 1.54) is 12.1 Å². The molecular formula is C18H15F2IN2O2. The van der Waals surface area contributed by atoms with Crippen molar-refractivity contribution in [1.82, 2.24) is 9.55 Å². The van der Waals surface area contributed by atoms with Crippen LogP contribution in [0.3, 0.4) is 0 Å². The minimum atomic E-state index is -2.90. The van der Waals surface area contributed by atoms with Gasteiger partial charge in [0.25, 0.3) is 0 Å². The summed E-state index contributed by atoms with van der Waals surface area (Å²) in [4.78, 5) is 15.8. The Hall–Kier alpha value is -2.29. The molecule has 0 fully saturated rings. The van der Waals surface area contributed by atoms with Crippen LogP contribution in [0, 0.1) is 3.57 Å². The lowest BCUT2D eigenvalue weighted by atomic mass is 10.1. The third-order valence-corrected chi connectivity index (χ3v) is 4.03. The third kappa shape index (κ3) is 5.35. The molecule has 0 amide bonds. The third-order valence-electron chi connectivity index (χ3n) is 3.22. The van der Waals surface area contributed by atoms with Gasteiger partial charge < -0.3 is 9.30 Å². The van der Waals surface area contributed by atoms with Crippen molar-refractivity contribution in [1.29, 1.82) is 0 Å². The molecule has 0 aliphatic rings. The van der Waals surface area contributed by atoms with E-state index >= 15 is 0 Å². The summed E-state index contributed by atoms with van der Waals surface area (Å²) < 4.78 is 30.8. The van der Waals surface area contributed by atoms with Crippen LogP contribution in [0.15, 0.2) is 72.2 Å². The fourth-order valence-corrected chi connectivity index (χ4v) is 2.51. The van der Waals surface area contributed by atoms with E-state index in [4.69, 9.17) is 0 Å². The van der Waals surface area contributed by atoms with Crippen LogP contribution in [0.4, 0.5) is 8.78 Å². The van der Waals surface area contributed by atoms with Crippen molar-refractivity contribution in [2.24, 2.45) is 0 Å². The van der Waals surface area contributed by atoms with Gasteiger partial charge in [-0.05, 0) is 58.9 Å². The molecule has 0 atom stereocenters. The number of ether oxygens (including phenoxy) is 1. The molecule has 4 nitrogen and oxygen atoms in total. The summed E-state index contributed by atoms with van der Waals surface area (Å²) in [6.45, 7) is 2.35. The molecule has 0 N–H and O–H groups in total. The molecule has 2 heterocycles. The van der Waals surface area contributed by atoms with Crippen molar-refractivity contribution in [3.8, 4) is 5.82 Å². The van der Waals surface area contributed by atoms with E-state index in [-0.39, 0.29) is 11.2 Å². The molecule has 2 aromatic heterocycles. The van der Waals surface area contributed by atoms with E-state index in [1.807, 2.05) is 41.7 Å². The van der Waals surface area contributed by atoms with Crippen LogP contribution in [0.1, 0.15) is 12.5 Å². The topological polar surface area (TPSA) is 44.1 Å². The first kappa shape index (κ1) is 19.0. The summed E-state index contributed by atoms with van der Waals surface area (Å²) in [6.07, 6.45) is 9.82. The highest BCUT2D eigenvalue weighted by Gasteiger charge is 2.05. The van der Waals surface area contributed by atoms with Crippen molar-refractivity contribution >= 4 is 28.2 Å². The molecule has 0 radical (unpaired) electrons. The van der Waals surface area contributed by atoms with Gasteiger partial charge in [0, 0.05) is 24.7 Å². The average Bonchev–Trinajstić information content (AvgIpc) is 2.57. The van der Waals surface area contributed by atoms with Crippen LogP contribution in [0.5, 0.6) is 0 Å². The zero-order valence-electron chi connectivity index (χ0n) is 13.3. The maximum Gasteiger partial charge on any atom is 0.387 e. The molecule has 0 bridgehead atoms. The molecule has 7 heteroatoms. The van der Waals surface area contributed by atoms with Crippen LogP contribution in [-0.4, -0.2) is 16.2 Å². The number of rotatable bonds is 6. The Balaban J connectivity index is 2.29. The zero-order valence-corrected chi connectivity index (χ0v) is 15.5. The standard InChI is InChI=1S/C18H15F2IN2O2/c1-3-13(5-4-12(2)25-18(19)20)14-6-8-22-17(10-14)23-9-7-16(24)15(21)11-23/h3-11,18H,2H2,1H3/b5-4-,13-3+. The van der Waals surface area contributed by atoms with Crippen molar-refractivity contribution in [3.05, 3.63) is 86.7 Å². The van der Waals surface area contributed by atoms with Crippen molar-refractivity contribution in [2.75, 3.05) is 0 Å². The van der Waals surface area contributed by atoms with Gasteiger partial charge in [-0.15, -0.1) is 0 Å². The van der Waals surface area contributed by atoms with Gasteiger partial charge in [0.2, 0.25) is 0 Å². The fourth-order valence-electron chi connectivity index (χ4n) is 2.03. The van der Waals surface area contributed by atoms with Crippen molar-refractivity contribution in [2.45, 2.75) is 13.5 Å². The van der Waals surface area contributed by atoms with Gasteiger partial charge in [0.1, 0.15) is 11.6 Å². The van der Waals surface area contributed by atoms with E-state index in [0.717, 1.165) is 11.1 Å². The molecule has 2 aromatic rings. The first-order chi connectivity index (χ1) is 11.9. The van der Waals surface area contributed by atoms with Crippen LogP contribution < -0.4 is 5.43 Å². The lowest BCUT2D eigenvalue weighted by Gasteiger charge is -2.09. The van der Waals surface area contributed by atoms with E-state index < -0.39 is 6.61 Å². The molecule has 25 heavy (non-hydrogen) atoms. The van der Waals surface area contributed by atoms with E-state index in [2.05, 4.69) is 16.3 Å². The molecular weight excluding hydrogens is 441 g/mol. The predicted octanol–water partition coefficient (Wildman–Crippen LogP) is 4.55. The first-order valence-corrected chi connectivity index (χ1v) is 8.31. The Morgan fingerprint density at radius 3 is 2.80 bits per heavy atom. The largest absolute Gasteiger partial charge is 0.435 e. The Bertz CT molecular complexity index is 889. The van der Waals surface area contributed by atoms with Crippen molar-refractivity contribution in [3.63, 3.8) is 0 Å². The maximum absolute atomic E-state index is 12.2. The summed E-state index contributed by atoms with van der Waals surface area (Å²) in [6, 6.07) is 5.10. The SMILES string of the molecule is C=C(/C=C\C(=C/C)c1ccnc(-n2ccc(=O)c(I)c2)c1)OC(F)F. The maximum atomic E-state index is 12.2. The lowest BCUT2D eigenvalue weighted by molar-refractivity contribution is -0.0915. The fraction of sp³-hybridized carbons (Fsp3) is 0.111.